The second-order valence-electron chi connectivity index (χ2n) is 6.09. The van der Waals surface area contributed by atoms with Crippen LogP contribution in [0, 0.1) is 0 Å². The number of para-hydroxylation sites is 1. The van der Waals surface area contributed by atoms with Gasteiger partial charge in [0.25, 0.3) is 0 Å². The normalized spacial score (nSPS) is 10.7. The van der Waals surface area contributed by atoms with E-state index in [1.54, 1.807) is 32.0 Å². The van der Waals surface area contributed by atoms with E-state index in [9.17, 15) is 5.11 Å². The predicted molar refractivity (Wildman–Crippen MR) is 109 cm³/mol. The first-order valence-corrected chi connectivity index (χ1v) is 10.0. The molecule has 0 aliphatic rings. The Labute approximate surface area is 160 Å². The number of thioether (sulfide) groups is 1. The number of rotatable bonds is 11. The van der Waals surface area contributed by atoms with Crippen molar-refractivity contribution in [3.63, 3.8) is 0 Å². The van der Waals surface area contributed by atoms with E-state index in [0.29, 0.717) is 12.3 Å². The molecule has 2 rings (SSSR count). The summed E-state index contributed by atoms with van der Waals surface area (Å²) in [4.78, 5) is 1.08. The highest BCUT2D eigenvalue weighted by molar-refractivity contribution is 7.99. The molecule has 0 bridgehead atoms. The van der Waals surface area contributed by atoms with Crippen LogP contribution in [0.1, 0.15) is 30.9 Å². The van der Waals surface area contributed by atoms with Crippen LogP contribution in [-0.2, 0) is 13.0 Å². The van der Waals surface area contributed by atoms with Gasteiger partial charge in [-0.15, -0.1) is 11.8 Å². The predicted octanol–water partition coefficient (Wildman–Crippen LogP) is 4.63. The number of methoxy groups -OCH3 is 2. The lowest BCUT2D eigenvalue weighted by atomic mass is 10.1. The molecule has 2 aromatic rings. The molecule has 0 aliphatic heterocycles. The van der Waals surface area contributed by atoms with Gasteiger partial charge in [0.2, 0.25) is 0 Å². The average Bonchev–Trinajstić information content (AvgIpc) is 2.67. The van der Waals surface area contributed by atoms with E-state index in [2.05, 4.69) is 24.4 Å². The van der Waals surface area contributed by atoms with Crippen LogP contribution in [0.15, 0.2) is 41.3 Å². The van der Waals surface area contributed by atoms with Crippen molar-refractivity contribution >= 4 is 11.8 Å². The van der Waals surface area contributed by atoms with Crippen molar-refractivity contribution in [1.29, 1.82) is 0 Å². The van der Waals surface area contributed by atoms with Crippen molar-refractivity contribution in [2.45, 2.75) is 37.6 Å². The van der Waals surface area contributed by atoms with E-state index in [0.717, 1.165) is 40.7 Å². The molecule has 0 aliphatic carbocycles. The van der Waals surface area contributed by atoms with Crippen LogP contribution in [0.5, 0.6) is 17.2 Å². The number of ether oxygens (including phenoxy) is 2. The third-order valence-corrected chi connectivity index (χ3v) is 5.35. The number of phenols is 1. The molecule has 0 radical (unpaired) electrons. The van der Waals surface area contributed by atoms with Crippen LogP contribution in [0.25, 0.3) is 0 Å². The number of benzene rings is 2. The fourth-order valence-electron chi connectivity index (χ4n) is 2.66. The summed E-state index contributed by atoms with van der Waals surface area (Å²) >= 11 is 1.79. The lowest BCUT2D eigenvalue weighted by Crippen LogP contribution is -2.16. The fraction of sp³-hybridized carbons (Fsp3) is 0.429. The molecule has 0 atom stereocenters. The quantitative estimate of drug-likeness (QED) is 0.443. The van der Waals surface area contributed by atoms with Crippen LogP contribution < -0.4 is 14.8 Å². The molecular formula is C21H29NO3S. The summed E-state index contributed by atoms with van der Waals surface area (Å²) in [6.07, 6.45) is 3.22. The van der Waals surface area contributed by atoms with Gasteiger partial charge in [0.15, 0.2) is 0 Å². The Kier molecular flexibility index (Phi) is 8.65. The van der Waals surface area contributed by atoms with E-state index >= 15 is 0 Å². The van der Waals surface area contributed by atoms with Gasteiger partial charge in [0.05, 0.1) is 19.1 Å². The SMILES string of the molecule is CCCCSc1c(OC)cc(CCNCc2ccccc2O)cc1OC. The monoisotopic (exact) mass is 375 g/mol. The Bertz CT molecular complexity index is 666. The van der Waals surface area contributed by atoms with Crippen LogP contribution in [-0.4, -0.2) is 31.6 Å². The maximum absolute atomic E-state index is 9.81. The van der Waals surface area contributed by atoms with Crippen LogP contribution in [0.3, 0.4) is 0 Å². The van der Waals surface area contributed by atoms with Gasteiger partial charge in [-0.2, -0.15) is 0 Å². The molecule has 5 heteroatoms. The number of nitrogens with one attached hydrogen (secondary N) is 1. The Balaban J connectivity index is 1.97. The van der Waals surface area contributed by atoms with Crippen LogP contribution in [0.4, 0.5) is 0 Å². The molecule has 0 fully saturated rings. The summed E-state index contributed by atoms with van der Waals surface area (Å²) in [5.41, 5.74) is 2.08. The van der Waals surface area contributed by atoms with Crippen molar-refractivity contribution in [1.82, 2.24) is 5.32 Å². The Morgan fingerprint density at radius 1 is 1.08 bits per heavy atom. The Hall–Kier alpha value is -1.85. The Morgan fingerprint density at radius 2 is 1.77 bits per heavy atom. The van der Waals surface area contributed by atoms with E-state index in [-0.39, 0.29) is 0 Å². The minimum absolute atomic E-state index is 0.330. The van der Waals surface area contributed by atoms with Crippen LogP contribution >= 0.6 is 11.8 Å². The molecule has 0 unspecified atom stereocenters. The third kappa shape index (κ3) is 5.85. The van der Waals surface area contributed by atoms with Gasteiger partial charge in [0, 0.05) is 12.1 Å². The summed E-state index contributed by atoms with van der Waals surface area (Å²) < 4.78 is 11.2. The lowest BCUT2D eigenvalue weighted by Gasteiger charge is -2.15. The first-order chi connectivity index (χ1) is 12.7. The highest BCUT2D eigenvalue weighted by atomic mass is 32.2. The maximum atomic E-state index is 9.81. The lowest BCUT2D eigenvalue weighted by molar-refractivity contribution is 0.375. The molecule has 0 aromatic heterocycles. The molecule has 0 spiro atoms. The van der Waals surface area contributed by atoms with E-state index in [1.807, 2.05) is 18.2 Å². The third-order valence-electron chi connectivity index (χ3n) is 4.16. The van der Waals surface area contributed by atoms with E-state index < -0.39 is 0 Å². The number of phenolic OH excluding ortho intramolecular Hbond substituents is 1. The molecule has 142 valence electrons. The maximum Gasteiger partial charge on any atom is 0.136 e. The van der Waals surface area contributed by atoms with Crippen molar-refractivity contribution in [2.75, 3.05) is 26.5 Å². The average molecular weight is 376 g/mol. The van der Waals surface area contributed by atoms with Gasteiger partial charge in [-0.1, -0.05) is 31.5 Å². The molecule has 0 saturated heterocycles. The number of hydrogen-bond donors (Lipinski definition) is 2. The number of hydrogen-bond acceptors (Lipinski definition) is 5. The Morgan fingerprint density at radius 3 is 2.38 bits per heavy atom. The second-order valence-corrected chi connectivity index (χ2v) is 7.19. The van der Waals surface area contributed by atoms with Gasteiger partial charge in [-0.25, -0.2) is 0 Å². The topological polar surface area (TPSA) is 50.7 Å². The zero-order valence-electron chi connectivity index (χ0n) is 15.9. The molecule has 0 amide bonds. The fourth-order valence-corrected chi connectivity index (χ4v) is 3.86. The van der Waals surface area contributed by atoms with Crippen molar-refractivity contribution in [2.24, 2.45) is 0 Å². The largest absolute Gasteiger partial charge is 0.508 e. The molecule has 4 nitrogen and oxygen atoms in total. The molecular weight excluding hydrogens is 346 g/mol. The number of aromatic hydroxyl groups is 1. The first kappa shape index (κ1) is 20.5. The van der Waals surface area contributed by atoms with Crippen molar-refractivity contribution in [3.05, 3.63) is 47.5 Å². The van der Waals surface area contributed by atoms with Gasteiger partial charge in [0.1, 0.15) is 17.2 Å². The van der Waals surface area contributed by atoms with Gasteiger partial charge < -0.3 is 19.9 Å². The molecule has 26 heavy (non-hydrogen) atoms. The molecule has 2 aromatic carbocycles. The minimum atomic E-state index is 0.330. The summed E-state index contributed by atoms with van der Waals surface area (Å²) in [6, 6.07) is 11.6. The number of unbranched alkanes of at least 4 members (excludes halogenated alkanes) is 1. The van der Waals surface area contributed by atoms with E-state index in [4.69, 9.17) is 9.47 Å². The van der Waals surface area contributed by atoms with Crippen molar-refractivity contribution < 1.29 is 14.6 Å². The second kappa shape index (κ2) is 11.0. The van der Waals surface area contributed by atoms with Gasteiger partial charge in [-0.05, 0) is 48.9 Å². The molecule has 0 saturated carbocycles. The van der Waals surface area contributed by atoms with Crippen molar-refractivity contribution in [3.8, 4) is 17.2 Å². The summed E-state index contributed by atoms with van der Waals surface area (Å²) in [5, 5.41) is 13.2. The van der Waals surface area contributed by atoms with Crippen LogP contribution in [0.2, 0.25) is 0 Å². The zero-order chi connectivity index (χ0) is 18.8. The summed E-state index contributed by atoms with van der Waals surface area (Å²) in [5.74, 6) is 3.14. The summed E-state index contributed by atoms with van der Waals surface area (Å²) in [7, 11) is 3.41. The molecule has 0 heterocycles. The standard InChI is InChI=1S/C21H29NO3S/c1-4-5-12-26-21-19(24-2)13-16(14-20(21)25-3)10-11-22-15-17-8-6-7-9-18(17)23/h6-9,13-14,22-23H,4-5,10-12,15H2,1-3H3. The minimum Gasteiger partial charge on any atom is -0.508 e. The first-order valence-electron chi connectivity index (χ1n) is 9.04. The highest BCUT2D eigenvalue weighted by Crippen LogP contribution is 2.39. The summed E-state index contributed by atoms with van der Waals surface area (Å²) in [6.45, 7) is 3.65. The zero-order valence-corrected chi connectivity index (χ0v) is 16.7. The van der Waals surface area contributed by atoms with E-state index in [1.165, 1.54) is 18.4 Å². The highest BCUT2D eigenvalue weighted by Gasteiger charge is 2.13. The smallest absolute Gasteiger partial charge is 0.136 e. The van der Waals surface area contributed by atoms with Gasteiger partial charge in [-0.3, -0.25) is 0 Å². The van der Waals surface area contributed by atoms with Gasteiger partial charge >= 0.3 is 0 Å². The molecule has 2 N–H and O–H groups in total.